The van der Waals surface area contributed by atoms with Gasteiger partial charge in [-0.3, -0.25) is 0 Å². The van der Waals surface area contributed by atoms with Crippen LogP contribution in [0.2, 0.25) is 0 Å². The van der Waals surface area contributed by atoms with Gasteiger partial charge in [0.1, 0.15) is 6.10 Å². The molecule has 5 nitrogen and oxygen atoms in total. The van der Waals surface area contributed by atoms with E-state index in [1.54, 1.807) is 0 Å². The minimum atomic E-state index is -0.511. The molecule has 6 unspecified atom stereocenters. The van der Waals surface area contributed by atoms with Crippen LogP contribution in [0.3, 0.4) is 0 Å². The van der Waals surface area contributed by atoms with E-state index in [2.05, 4.69) is 0 Å². The molecule has 4 fully saturated rings. The maximum absolute atomic E-state index is 11.6. The Hall–Kier alpha value is -0.810. The van der Waals surface area contributed by atoms with E-state index >= 15 is 0 Å². The van der Waals surface area contributed by atoms with Gasteiger partial charge in [0.15, 0.2) is 0 Å². The highest BCUT2D eigenvalue weighted by molar-refractivity contribution is 5.60. The van der Waals surface area contributed by atoms with Crippen molar-refractivity contribution in [2.45, 2.75) is 69.0 Å². The lowest BCUT2D eigenvalue weighted by Crippen LogP contribution is -2.27. The number of ether oxygens (including phenoxy) is 4. The molecular formula is C14H20O5. The van der Waals surface area contributed by atoms with Gasteiger partial charge in [-0.25, -0.2) is 4.79 Å². The highest BCUT2D eigenvalue weighted by atomic mass is 16.7. The van der Waals surface area contributed by atoms with Gasteiger partial charge in [-0.15, -0.1) is 0 Å². The SMILES string of the molecule is O=C(OCC1CCC2OC2C1)OC1CCC2OC2C1. The summed E-state index contributed by atoms with van der Waals surface area (Å²) < 4.78 is 21.5. The number of hydrogen-bond acceptors (Lipinski definition) is 5. The molecule has 0 spiro atoms. The second-order valence-corrected chi connectivity index (χ2v) is 6.22. The molecule has 0 aromatic carbocycles. The van der Waals surface area contributed by atoms with E-state index in [4.69, 9.17) is 18.9 Å². The van der Waals surface area contributed by atoms with E-state index < -0.39 is 6.16 Å². The Morgan fingerprint density at radius 1 is 0.947 bits per heavy atom. The van der Waals surface area contributed by atoms with Gasteiger partial charge in [-0.2, -0.15) is 0 Å². The van der Waals surface area contributed by atoms with Crippen molar-refractivity contribution in [2.24, 2.45) is 5.92 Å². The summed E-state index contributed by atoms with van der Waals surface area (Å²) in [7, 11) is 0. The highest BCUT2D eigenvalue weighted by Gasteiger charge is 2.46. The van der Waals surface area contributed by atoms with E-state index in [1.165, 1.54) is 0 Å². The Balaban J connectivity index is 1.17. The monoisotopic (exact) mass is 268 g/mol. The molecule has 19 heavy (non-hydrogen) atoms. The summed E-state index contributed by atoms with van der Waals surface area (Å²) in [6, 6.07) is 0. The van der Waals surface area contributed by atoms with Crippen molar-refractivity contribution in [2.75, 3.05) is 6.61 Å². The van der Waals surface area contributed by atoms with Crippen LogP contribution < -0.4 is 0 Å². The van der Waals surface area contributed by atoms with E-state index in [0.717, 1.165) is 38.5 Å². The first-order valence-electron chi connectivity index (χ1n) is 7.42. The van der Waals surface area contributed by atoms with Crippen LogP contribution in [0.4, 0.5) is 4.79 Å². The number of fused-ring (bicyclic) bond motifs is 2. The van der Waals surface area contributed by atoms with Crippen LogP contribution >= 0.6 is 0 Å². The number of carbonyl (C=O) groups is 1. The third-order valence-electron chi connectivity index (χ3n) is 4.77. The molecule has 0 aromatic heterocycles. The second-order valence-electron chi connectivity index (χ2n) is 6.22. The van der Waals surface area contributed by atoms with Crippen molar-refractivity contribution in [3.8, 4) is 0 Å². The average molecular weight is 268 g/mol. The fraction of sp³-hybridized carbons (Fsp3) is 0.929. The Kier molecular flexibility index (Phi) is 2.92. The molecule has 0 amide bonds. The smallest absolute Gasteiger partial charge is 0.434 e. The molecule has 0 aromatic rings. The van der Waals surface area contributed by atoms with Crippen LogP contribution in [-0.2, 0) is 18.9 Å². The van der Waals surface area contributed by atoms with Crippen molar-refractivity contribution in [1.82, 2.24) is 0 Å². The zero-order valence-electron chi connectivity index (χ0n) is 11.0. The van der Waals surface area contributed by atoms with Crippen LogP contribution in [0.25, 0.3) is 0 Å². The predicted molar refractivity (Wildman–Crippen MR) is 64.7 cm³/mol. The van der Waals surface area contributed by atoms with Crippen LogP contribution in [0.15, 0.2) is 0 Å². The summed E-state index contributed by atoms with van der Waals surface area (Å²) in [4.78, 5) is 11.6. The number of hydrogen-bond donors (Lipinski definition) is 0. The molecule has 4 aliphatic rings. The van der Waals surface area contributed by atoms with Gasteiger partial charge in [0, 0.05) is 6.42 Å². The third-order valence-corrected chi connectivity index (χ3v) is 4.77. The summed E-state index contributed by atoms with van der Waals surface area (Å²) in [6.45, 7) is 0.473. The summed E-state index contributed by atoms with van der Waals surface area (Å²) in [5, 5.41) is 0. The summed E-state index contributed by atoms with van der Waals surface area (Å²) in [5.41, 5.74) is 0. The summed E-state index contributed by atoms with van der Waals surface area (Å²) in [6.07, 6.45) is 7.13. The van der Waals surface area contributed by atoms with Gasteiger partial charge in [-0.05, 0) is 38.0 Å². The standard InChI is InChI=1S/C14H20O5/c15-14(17-9-2-4-11-13(6-9)19-11)16-7-8-1-3-10-12(5-8)18-10/h8-13H,1-7H2. The van der Waals surface area contributed by atoms with Crippen molar-refractivity contribution in [3.63, 3.8) is 0 Å². The van der Waals surface area contributed by atoms with Crippen molar-refractivity contribution < 1.29 is 23.7 Å². The summed E-state index contributed by atoms with van der Waals surface area (Å²) >= 11 is 0. The minimum absolute atomic E-state index is 0.0150. The van der Waals surface area contributed by atoms with E-state index in [-0.39, 0.29) is 6.10 Å². The van der Waals surface area contributed by atoms with Gasteiger partial charge in [0.25, 0.3) is 0 Å². The molecule has 0 N–H and O–H groups in total. The Labute approximate surface area is 112 Å². The summed E-state index contributed by atoms with van der Waals surface area (Å²) in [5.74, 6) is 0.443. The number of epoxide rings is 2. The Morgan fingerprint density at radius 3 is 2.42 bits per heavy atom. The van der Waals surface area contributed by atoms with Gasteiger partial charge in [0.05, 0.1) is 31.0 Å². The Bertz CT molecular complexity index is 371. The molecule has 0 radical (unpaired) electrons. The molecule has 0 bridgehead atoms. The maximum Gasteiger partial charge on any atom is 0.508 e. The Morgan fingerprint density at radius 2 is 1.68 bits per heavy atom. The molecule has 2 saturated carbocycles. The van der Waals surface area contributed by atoms with Crippen molar-refractivity contribution >= 4 is 6.16 Å². The van der Waals surface area contributed by atoms with Gasteiger partial charge in [-0.1, -0.05) is 0 Å². The zero-order valence-corrected chi connectivity index (χ0v) is 11.0. The van der Waals surface area contributed by atoms with Crippen LogP contribution in [0, 0.1) is 5.92 Å². The van der Waals surface area contributed by atoms with Crippen LogP contribution in [0.1, 0.15) is 38.5 Å². The molecule has 5 heteroatoms. The largest absolute Gasteiger partial charge is 0.508 e. The first-order valence-corrected chi connectivity index (χ1v) is 7.42. The van der Waals surface area contributed by atoms with E-state index in [1.807, 2.05) is 0 Å². The van der Waals surface area contributed by atoms with Gasteiger partial charge in [0.2, 0.25) is 0 Å². The van der Waals surface area contributed by atoms with Crippen molar-refractivity contribution in [1.29, 1.82) is 0 Å². The number of carbonyl (C=O) groups excluding carboxylic acids is 1. The van der Waals surface area contributed by atoms with Gasteiger partial charge >= 0.3 is 6.16 Å². The molecule has 106 valence electrons. The van der Waals surface area contributed by atoms with E-state index in [0.29, 0.717) is 36.9 Å². The molecule has 2 saturated heterocycles. The normalized spacial score (nSPS) is 46.7. The second kappa shape index (κ2) is 4.63. The lowest BCUT2D eigenvalue weighted by Gasteiger charge is -2.21. The average Bonchev–Trinajstić information content (AvgIpc) is 3.29. The molecule has 6 atom stereocenters. The highest BCUT2D eigenvalue weighted by Crippen LogP contribution is 2.40. The lowest BCUT2D eigenvalue weighted by molar-refractivity contribution is 0.00436. The molecular weight excluding hydrogens is 248 g/mol. The minimum Gasteiger partial charge on any atom is -0.434 e. The zero-order chi connectivity index (χ0) is 12.8. The van der Waals surface area contributed by atoms with Crippen molar-refractivity contribution in [3.05, 3.63) is 0 Å². The molecule has 2 aliphatic heterocycles. The topological polar surface area (TPSA) is 60.6 Å². The van der Waals surface area contributed by atoms with Gasteiger partial charge < -0.3 is 18.9 Å². The molecule has 4 rings (SSSR count). The fourth-order valence-corrected chi connectivity index (χ4v) is 3.47. The quantitative estimate of drug-likeness (QED) is 0.579. The number of rotatable bonds is 3. The first kappa shape index (κ1) is 12.0. The molecule has 2 aliphatic carbocycles. The lowest BCUT2D eigenvalue weighted by atomic mass is 9.90. The first-order chi connectivity index (χ1) is 9.28. The van der Waals surface area contributed by atoms with E-state index in [9.17, 15) is 4.79 Å². The predicted octanol–water partition coefficient (Wildman–Crippen LogP) is 2.03. The molecule has 2 heterocycles. The van der Waals surface area contributed by atoms with Crippen LogP contribution in [0.5, 0.6) is 0 Å². The third kappa shape index (κ3) is 2.72. The fourth-order valence-electron chi connectivity index (χ4n) is 3.47. The van der Waals surface area contributed by atoms with Crippen LogP contribution in [-0.4, -0.2) is 43.3 Å². The maximum atomic E-state index is 11.6.